The second-order valence-corrected chi connectivity index (χ2v) is 7.61. The van der Waals surface area contributed by atoms with Gasteiger partial charge in [0.25, 0.3) is 0 Å². The smallest absolute Gasteiger partial charge is 0.173 e. The van der Waals surface area contributed by atoms with Gasteiger partial charge in [-0.2, -0.15) is 0 Å². The first-order chi connectivity index (χ1) is 14.1. The molecule has 0 bridgehead atoms. The van der Waals surface area contributed by atoms with Gasteiger partial charge in [0, 0.05) is 19.7 Å². The highest BCUT2D eigenvalue weighted by molar-refractivity contribution is 7.80. The van der Waals surface area contributed by atoms with E-state index in [1.807, 2.05) is 37.3 Å². The largest absolute Gasteiger partial charge is 0.495 e. The van der Waals surface area contributed by atoms with Crippen molar-refractivity contribution in [3.05, 3.63) is 53.6 Å². The Labute approximate surface area is 179 Å². The molecular weight excluding hydrogens is 384 g/mol. The number of benzene rings is 2. The molecule has 0 radical (unpaired) electrons. The summed E-state index contributed by atoms with van der Waals surface area (Å²) in [7, 11) is 1.67. The number of ether oxygens (including phenoxy) is 3. The molecule has 6 heteroatoms. The summed E-state index contributed by atoms with van der Waals surface area (Å²) < 4.78 is 16.9. The molecule has 1 saturated heterocycles. The van der Waals surface area contributed by atoms with E-state index in [9.17, 15) is 0 Å². The standard InChI is InChI=1S/C23H30N2O3S/c1-4-27-19-10-8-18(9-11-19)15-25(16-20-6-5-13-28-20)23(29)24-21-14-17(2)7-12-22(21)26-3/h7-12,14,20H,4-6,13,15-16H2,1-3H3,(H,24,29). The van der Waals surface area contributed by atoms with E-state index in [0.717, 1.165) is 48.7 Å². The molecule has 1 aliphatic heterocycles. The molecule has 1 heterocycles. The first-order valence-electron chi connectivity index (χ1n) is 10.1. The van der Waals surface area contributed by atoms with Crippen LogP contribution >= 0.6 is 12.2 Å². The molecule has 0 spiro atoms. The van der Waals surface area contributed by atoms with E-state index in [-0.39, 0.29) is 6.10 Å². The summed E-state index contributed by atoms with van der Waals surface area (Å²) in [6.45, 7) is 6.99. The molecule has 0 saturated carbocycles. The summed E-state index contributed by atoms with van der Waals surface area (Å²) in [4.78, 5) is 2.17. The number of hydrogen-bond donors (Lipinski definition) is 1. The van der Waals surface area contributed by atoms with Gasteiger partial charge in [0.1, 0.15) is 11.5 Å². The molecule has 1 unspecified atom stereocenters. The van der Waals surface area contributed by atoms with Crippen molar-refractivity contribution in [2.75, 3.05) is 32.2 Å². The van der Waals surface area contributed by atoms with Gasteiger partial charge in [-0.25, -0.2) is 0 Å². The van der Waals surface area contributed by atoms with E-state index in [0.29, 0.717) is 18.3 Å². The number of anilines is 1. The summed E-state index contributed by atoms with van der Waals surface area (Å²) >= 11 is 5.79. The highest BCUT2D eigenvalue weighted by Gasteiger charge is 2.22. The van der Waals surface area contributed by atoms with Gasteiger partial charge in [0.05, 0.1) is 25.5 Å². The lowest BCUT2D eigenvalue weighted by Crippen LogP contribution is -2.39. The molecule has 0 aromatic heterocycles. The Morgan fingerprint density at radius 1 is 1.24 bits per heavy atom. The Morgan fingerprint density at radius 2 is 2.03 bits per heavy atom. The second kappa shape index (κ2) is 10.5. The number of rotatable bonds is 8. The maximum absolute atomic E-state index is 5.86. The number of hydrogen-bond acceptors (Lipinski definition) is 4. The van der Waals surface area contributed by atoms with Crippen molar-refractivity contribution < 1.29 is 14.2 Å². The number of methoxy groups -OCH3 is 1. The molecule has 3 rings (SSSR count). The van der Waals surface area contributed by atoms with Crippen molar-refractivity contribution in [3.63, 3.8) is 0 Å². The monoisotopic (exact) mass is 414 g/mol. The minimum absolute atomic E-state index is 0.205. The number of nitrogens with zero attached hydrogens (tertiary/aromatic N) is 1. The minimum atomic E-state index is 0.205. The van der Waals surface area contributed by atoms with Crippen LogP contribution in [-0.4, -0.2) is 43.0 Å². The average molecular weight is 415 g/mol. The van der Waals surface area contributed by atoms with E-state index < -0.39 is 0 Å². The minimum Gasteiger partial charge on any atom is -0.495 e. The topological polar surface area (TPSA) is 43.0 Å². The Balaban J connectivity index is 1.75. The molecule has 2 aromatic carbocycles. The van der Waals surface area contributed by atoms with Crippen molar-refractivity contribution in [2.45, 2.75) is 39.3 Å². The number of aryl methyl sites for hydroxylation is 1. The van der Waals surface area contributed by atoms with Crippen LogP contribution in [0.3, 0.4) is 0 Å². The zero-order chi connectivity index (χ0) is 20.6. The molecule has 1 N–H and O–H groups in total. The summed E-state index contributed by atoms with van der Waals surface area (Å²) in [5.74, 6) is 1.66. The highest BCUT2D eigenvalue weighted by atomic mass is 32.1. The lowest BCUT2D eigenvalue weighted by molar-refractivity contribution is 0.0905. The van der Waals surface area contributed by atoms with Crippen molar-refractivity contribution in [3.8, 4) is 11.5 Å². The Bertz CT molecular complexity index is 804. The van der Waals surface area contributed by atoms with Crippen LogP contribution in [0.4, 0.5) is 5.69 Å². The zero-order valence-electron chi connectivity index (χ0n) is 17.4. The van der Waals surface area contributed by atoms with Crippen LogP contribution in [0.5, 0.6) is 11.5 Å². The van der Waals surface area contributed by atoms with Crippen LogP contribution in [0.15, 0.2) is 42.5 Å². The second-order valence-electron chi connectivity index (χ2n) is 7.23. The molecule has 156 valence electrons. The molecule has 1 atom stereocenters. The van der Waals surface area contributed by atoms with Crippen molar-refractivity contribution >= 4 is 23.0 Å². The van der Waals surface area contributed by atoms with Crippen LogP contribution in [0, 0.1) is 6.92 Å². The van der Waals surface area contributed by atoms with Gasteiger partial charge in [0.15, 0.2) is 5.11 Å². The number of nitrogens with one attached hydrogen (secondary N) is 1. The molecule has 0 amide bonds. The van der Waals surface area contributed by atoms with Gasteiger partial charge < -0.3 is 24.4 Å². The predicted molar refractivity (Wildman–Crippen MR) is 121 cm³/mol. The van der Waals surface area contributed by atoms with Crippen LogP contribution in [0.2, 0.25) is 0 Å². The predicted octanol–water partition coefficient (Wildman–Crippen LogP) is 4.78. The van der Waals surface area contributed by atoms with Crippen LogP contribution in [-0.2, 0) is 11.3 Å². The third-order valence-corrected chi connectivity index (χ3v) is 5.30. The van der Waals surface area contributed by atoms with Gasteiger partial charge in [-0.3, -0.25) is 0 Å². The van der Waals surface area contributed by atoms with E-state index in [1.54, 1.807) is 7.11 Å². The van der Waals surface area contributed by atoms with Crippen molar-refractivity contribution in [2.24, 2.45) is 0 Å². The fraction of sp³-hybridized carbons (Fsp3) is 0.435. The molecule has 1 fully saturated rings. The quantitative estimate of drug-likeness (QED) is 0.627. The van der Waals surface area contributed by atoms with Gasteiger partial charge >= 0.3 is 0 Å². The lowest BCUT2D eigenvalue weighted by atomic mass is 10.1. The fourth-order valence-electron chi connectivity index (χ4n) is 3.45. The van der Waals surface area contributed by atoms with E-state index in [4.69, 9.17) is 26.4 Å². The van der Waals surface area contributed by atoms with Crippen LogP contribution in [0.1, 0.15) is 30.9 Å². The molecule has 2 aromatic rings. The Hall–Kier alpha value is -2.31. The number of thiocarbonyl (C=S) groups is 1. The maximum Gasteiger partial charge on any atom is 0.173 e. The van der Waals surface area contributed by atoms with E-state index >= 15 is 0 Å². The van der Waals surface area contributed by atoms with E-state index in [2.05, 4.69) is 29.3 Å². The SMILES string of the molecule is CCOc1ccc(CN(CC2CCCO2)C(=S)Nc2cc(C)ccc2OC)cc1. The van der Waals surface area contributed by atoms with Gasteiger partial charge in [0.2, 0.25) is 0 Å². The Kier molecular flexibility index (Phi) is 7.72. The molecular formula is C23H30N2O3S. The van der Waals surface area contributed by atoms with Gasteiger partial charge in [-0.1, -0.05) is 18.2 Å². The lowest BCUT2D eigenvalue weighted by Gasteiger charge is -2.29. The summed E-state index contributed by atoms with van der Waals surface area (Å²) in [6.07, 6.45) is 2.38. The van der Waals surface area contributed by atoms with E-state index in [1.165, 1.54) is 5.56 Å². The summed E-state index contributed by atoms with van der Waals surface area (Å²) in [5.41, 5.74) is 3.20. The maximum atomic E-state index is 5.86. The third kappa shape index (κ3) is 6.08. The Morgan fingerprint density at radius 3 is 2.69 bits per heavy atom. The fourth-order valence-corrected chi connectivity index (χ4v) is 3.69. The van der Waals surface area contributed by atoms with Crippen molar-refractivity contribution in [1.29, 1.82) is 0 Å². The average Bonchev–Trinajstić information content (AvgIpc) is 3.22. The normalized spacial score (nSPS) is 15.8. The summed E-state index contributed by atoms with van der Waals surface area (Å²) in [5, 5.41) is 4.05. The van der Waals surface area contributed by atoms with Crippen LogP contribution < -0.4 is 14.8 Å². The van der Waals surface area contributed by atoms with Crippen molar-refractivity contribution in [1.82, 2.24) is 4.90 Å². The first kappa shape index (κ1) is 21.4. The van der Waals surface area contributed by atoms with Crippen LogP contribution in [0.25, 0.3) is 0 Å². The molecule has 5 nitrogen and oxygen atoms in total. The first-order valence-corrected chi connectivity index (χ1v) is 10.5. The molecule has 29 heavy (non-hydrogen) atoms. The third-order valence-electron chi connectivity index (χ3n) is 4.94. The molecule has 1 aliphatic rings. The van der Waals surface area contributed by atoms with Gasteiger partial charge in [-0.05, 0) is 74.3 Å². The summed E-state index contributed by atoms with van der Waals surface area (Å²) in [6, 6.07) is 14.2. The highest BCUT2D eigenvalue weighted by Crippen LogP contribution is 2.26. The van der Waals surface area contributed by atoms with Gasteiger partial charge in [-0.15, -0.1) is 0 Å². The molecule has 0 aliphatic carbocycles. The zero-order valence-corrected chi connectivity index (χ0v) is 18.3.